The summed E-state index contributed by atoms with van der Waals surface area (Å²) >= 11 is 0. The Morgan fingerprint density at radius 2 is 1.79 bits per heavy atom. The van der Waals surface area contributed by atoms with Crippen molar-refractivity contribution in [2.45, 2.75) is 31.5 Å². The number of para-hydroxylation sites is 1. The number of carbonyl (C=O) groups excluding carboxylic acids is 2. The summed E-state index contributed by atoms with van der Waals surface area (Å²) in [6.45, 7) is 0.762. The van der Waals surface area contributed by atoms with Crippen molar-refractivity contribution in [3.63, 3.8) is 0 Å². The minimum atomic E-state index is -4.43. The summed E-state index contributed by atoms with van der Waals surface area (Å²) in [7, 11) is 0. The SMILES string of the molecule is O=C1CN(C2CCN(C(=O)Cc3ccc(C(F)(F)F)cc3)CC2)c2c(cccc2[N+](=O)[O-])N1. The molecule has 0 atom stereocenters. The van der Waals surface area contributed by atoms with Gasteiger partial charge >= 0.3 is 6.18 Å². The van der Waals surface area contributed by atoms with E-state index >= 15 is 0 Å². The third kappa shape index (κ3) is 4.76. The number of benzene rings is 2. The highest BCUT2D eigenvalue weighted by Gasteiger charge is 2.36. The van der Waals surface area contributed by atoms with Crippen LogP contribution in [0.5, 0.6) is 0 Å². The van der Waals surface area contributed by atoms with Gasteiger partial charge < -0.3 is 15.1 Å². The highest BCUT2D eigenvalue weighted by Crippen LogP contribution is 2.40. The van der Waals surface area contributed by atoms with Crippen molar-refractivity contribution in [3.8, 4) is 0 Å². The number of anilines is 2. The first-order valence-electron chi connectivity index (χ1n) is 10.4. The molecule has 2 amide bonds. The molecule has 33 heavy (non-hydrogen) atoms. The van der Waals surface area contributed by atoms with Gasteiger partial charge in [0.25, 0.3) is 5.69 Å². The highest BCUT2D eigenvalue weighted by atomic mass is 19.4. The first-order chi connectivity index (χ1) is 15.6. The van der Waals surface area contributed by atoms with Crippen LogP contribution in [0.25, 0.3) is 0 Å². The number of hydrogen-bond acceptors (Lipinski definition) is 5. The van der Waals surface area contributed by atoms with Crippen molar-refractivity contribution in [1.29, 1.82) is 0 Å². The molecule has 174 valence electrons. The van der Waals surface area contributed by atoms with Crippen LogP contribution in [0.3, 0.4) is 0 Å². The number of carbonyl (C=O) groups is 2. The van der Waals surface area contributed by atoms with Gasteiger partial charge in [-0.05, 0) is 36.6 Å². The third-order valence-electron chi connectivity index (χ3n) is 5.98. The van der Waals surface area contributed by atoms with Crippen LogP contribution in [0, 0.1) is 10.1 Å². The van der Waals surface area contributed by atoms with Crippen molar-refractivity contribution >= 4 is 28.9 Å². The average molecular weight is 462 g/mol. The van der Waals surface area contributed by atoms with E-state index in [4.69, 9.17) is 0 Å². The fraction of sp³-hybridized carbons (Fsp3) is 0.364. The molecule has 2 aliphatic rings. The zero-order chi connectivity index (χ0) is 23.8. The van der Waals surface area contributed by atoms with E-state index in [1.807, 2.05) is 0 Å². The number of nitrogens with one attached hydrogen (secondary N) is 1. The second-order valence-corrected chi connectivity index (χ2v) is 8.09. The smallest absolute Gasteiger partial charge is 0.352 e. The topological polar surface area (TPSA) is 95.8 Å². The largest absolute Gasteiger partial charge is 0.416 e. The number of likely N-dealkylation sites (tertiary alicyclic amines) is 1. The Hall–Kier alpha value is -3.63. The molecule has 1 N–H and O–H groups in total. The number of nitro benzene ring substituents is 1. The van der Waals surface area contributed by atoms with Crippen molar-refractivity contribution in [2.24, 2.45) is 0 Å². The molecule has 2 aromatic carbocycles. The Labute approximate surface area is 187 Å². The lowest BCUT2D eigenvalue weighted by Crippen LogP contribution is -2.51. The minimum Gasteiger partial charge on any atom is -0.352 e. The summed E-state index contributed by atoms with van der Waals surface area (Å²) < 4.78 is 38.1. The Morgan fingerprint density at radius 1 is 1.12 bits per heavy atom. The highest BCUT2D eigenvalue weighted by molar-refractivity contribution is 6.03. The molecule has 0 saturated carbocycles. The Kier molecular flexibility index (Phi) is 5.96. The molecule has 0 aliphatic carbocycles. The molecule has 0 radical (unpaired) electrons. The summed E-state index contributed by atoms with van der Waals surface area (Å²) in [5.41, 5.74) is 0.401. The van der Waals surface area contributed by atoms with Gasteiger partial charge in [-0.2, -0.15) is 13.2 Å². The van der Waals surface area contributed by atoms with Crippen LogP contribution in [-0.2, 0) is 22.2 Å². The molecule has 2 aliphatic heterocycles. The van der Waals surface area contributed by atoms with Gasteiger partial charge in [0.05, 0.1) is 29.1 Å². The fourth-order valence-electron chi connectivity index (χ4n) is 4.34. The first kappa shape index (κ1) is 22.6. The Balaban J connectivity index is 1.42. The van der Waals surface area contributed by atoms with Gasteiger partial charge in [-0.25, -0.2) is 0 Å². The van der Waals surface area contributed by atoms with Gasteiger partial charge in [0.2, 0.25) is 11.8 Å². The monoisotopic (exact) mass is 462 g/mol. The molecule has 4 rings (SSSR count). The maximum absolute atomic E-state index is 12.7. The summed E-state index contributed by atoms with van der Waals surface area (Å²) in [4.78, 5) is 39.2. The fourth-order valence-corrected chi connectivity index (χ4v) is 4.34. The lowest BCUT2D eigenvalue weighted by atomic mass is 9.99. The van der Waals surface area contributed by atoms with E-state index in [2.05, 4.69) is 5.32 Å². The second-order valence-electron chi connectivity index (χ2n) is 8.09. The molecule has 11 heteroatoms. The van der Waals surface area contributed by atoms with Gasteiger partial charge in [-0.3, -0.25) is 19.7 Å². The number of halogens is 3. The van der Waals surface area contributed by atoms with Crippen molar-refractivity contribution in [3.05, 3.63) is 63.7 Å². The predicted molar refractivity (Wildman–Crippen MR) is 114 cm³/mol. The number of fused-ring (bicyclic) bond motifs is 1. The van der Waals surface area contributed by atoms with E-state index in [1.54, 1.807) is 15.9 Å². The molecule has 1 saturated heterocycles. The maximum atomic E-state index is 12.7. The second kappa shape index (κ2) is 8.72. The zero-order valence-electron chi connectivity index (χ0n) is 17.5. The number of hydrogen-bond donors (Lipinski definition) is 1. The molecule has 8 nitrogen and oxygen atoms in total. The molecular formula is C22H21F3N4O4. The normalized spacial score (nSPS) is 16.9. The van der Waals surface area contributed by atoms with Crippen LogP contribution >= 0.6 is 0 Å². The van der Waals surface area contributed by atoms with Crippen LogP contribution < -0.4 is 10.2 Å². The number of rotatable bonds is 4. The molecule has 2 aromatic rings. The van der Waals surface area contributed by atoms with Crippen LogP contribution in [0.2, 0.25) is 0 Å². The zero-order valence-corrected chi connectivity index (χ0v) is 17.5. The summed E-state index contributed by atoms with van der Waals surface area (Å²) in [6, 6.07) is 8.89. The van der Waals surface area contributed by atoms with E-state index in [1.165, 1.54) is 24.3 Å². The van der Waals surface area contributed by atoms with Crippen LogP contribution in [-0.4, -0.2) is 47.3 Å². The third-order valence-corrected chi connectivity index (χ3v) is 5.98. The van der Waals surface area contributed by atoms with Gasteiger partial charge in [0, 0.05) is 25.2 Å². The van der Waals surface area contributed by atoms with Crippen LogP contribution in [0.1, 0.15) is 24.0 Å². The number of amides is 2. The maximum Gasteiger partial charge on any atom is 0.416 e. The van der Waals surface area contributed by atoms with Gasteiger partial charge in [-0.1, -0.05) is 18.2 Å². The summed E-state index contributed by atoms with van der Waals surface area (Å²) in [6.07, 6.45) is -3.41. The number of nitro groups is 1. The van der Waals surface area contributed by atoms with Crippen LogP contribution in [0.15, 0.2) is 42.5 Å². The molecule has 0 bridgehead atoms. The lowest BCUT2D eigenvalue weighted by Gasteiger charge is -2.41. The number of alkyl halides is 3. The van der Waals surface area contributed by atoms with Crippen LogP contribution in [0.4, 0.5) is 30.2 Å². The quantitative estimate of drug-likeness (QED) is 0.553. The Morgan fingerprint density at radius 3 is 2.39 bits per heavy atom. The molecule has 0 aromatic heterocycles. The molecule has 0 spiro atoms. The predicted octanol–water partition coefficient (Wildman–Crippen LogP) is 3.61. The molecule has 2 heterocycles. The van der Waals surface area contributed by atoms with E-state index < -0.39 is 16.7 Å². The molecule has 1 fully saturated rings. The number of nitrogens with zero attached hydrogens (tertiary/aromatic N) is 3. The number of piperidine rings is 1. The van der Waals surface area contributed by atoms with E-state index in [0.29, 0.717) is 42.9 Å². The van der Waals surface area contributed by atoms with Gasteiger partial charge in [0.15, 0.2) is 0 Å². The molecular weight excluding hydrogens is 441 g/mol. The Bertz CT molecular complexity index is 1080. The summed E-state index contributed by atoms with van der Waals surface area (Å²) in [5, 5.41) is 14.2. The minimum absolute atomic E-state index is 0.0107. The standard InChI is InChI=1S/C22H21F3N4O4/c23-22(24,25)15-6-4-14(5-7-15)12-20(31)27-10-8-16(9-11-27)28-13-19(30)26-17-2-1-3-18(21(17)28)29(32)33/h1-7,16H,8-13H2,(H,26,30). The molecule has 0 unspecified atom stereocenters. The van der Waals surface area contributed by atoms with E-state index in [0.717, 1.165) is 12.1 Å². The lowest BCUT2D eigenvalue weighted by molar-refractivity contribution is -0.384. The van der Waals surface area contributed by atoms with E-state index in [9.17, 15) is 32.9 Å². The van der Waals surface area contributed by atoms with Gasteiger partial charge in [-0.15, -0.1) is 0 Å². The van der Waals surface area contributed by atoms with E-state index in [-0.39, 0.29) is 36.5 Å². The van der Waals surface area contributed by atoms with Crippen molar-refractivity contribution < 1.29 is 27.7 Å². The van der Waals surface area contributed by atoms with Crippen molar-refractivity contribution in [2.75, 3.05) is 29.9 Å². The summed E-state index contributed by atoms with van der Waals surface area (Å²) in [5.74, 6) is -0.459. The first-order valence-corrected chi connectivity index (χ1v) is 10.4. The average Bonchev–Trinajstić information content (AvgIpc) is 2.77. The van der Waals surface area contributed by atoms with Gasteiger partial charge in [0.1, 0.15) is 5.69 Å². The van der Waals surface area contributed by atoms with Crippen molar-refractivity contribution in [1.82, 2.24) is 4.90 Å².